The van der Waals surface area contributed by atoms with Crippen LogP contribution in [0.25, 0.3) is 0 Å². The third kappa shape index (κ3) is 3.52. The van der Waals surface area contributed by atoms with Gasteiger partial charge >= 0.3 is 5.97 Å². The first kappa shape index (κ1) is 15.3. The third-order valence-corrected chi connectivity index (χ3v) is 3.82. The van der Waals surface area contributed by atoms with Crippen molar-refractivity contribution in [2.75, 3.05) is 17.2 Å². The van der Waals surface area contributed by atoms with Crippen molar-refractivity contribution >= 4 is 29.4 Å². The van der Waals surface area contributed by atoms with Crippen LogP contribution in [-0.4, -0.2) is 38.1 Å². The average molecular weight is 310 g/mol. The molecule has 0 bridgehead atoms. The van der Waals surface area contributed by atoms with E-state index in [1.165, 1.54) is 12.1 Å². The highest BCUT2D eigenvalue weighted by molar-refractivity contribution is 7.99. The number of carbonyl (C=O) groups is 1. The second-order valence-electron chi connectivity index (χ2n) is 4.25. The predicted molar refractivity (Wildman–Crippen MR) is 78.4 cm³/mol. The van der Waals surface area contributed by atoms with E-state index in [9.17, 15) is 9.18 Å². The summed E-state index contributed by atoms with van der Waals surface area (Å²) in [6.45, 7) is 2.50. The number of hydrogen-bond acceptors (Lipinski definition) is 5. The summed E-state index contributed by atoms with van der Waals surface area (Å²) in [7, 11) is 1.75. The van der Waals surface area contributed by atoms with E-state index in [4.69, 9.17) is 5.11 Å². The summed E-state index contributed by atoms with van der Waals surface area (Å²) in [5.74, 6) is -0.787. The molecule has 0 unspecified atom stereocenters. The zero-order valence-electron chi connectivity index (χ0n) is 11.7. The molecule has 0 aliphatic rings. The Labute approximate surface area is 125 Å². The molecule has 0 atom stereocenters. The minimum absolute atomic E-state index is 0.0853. The Kier molecular flexibility index (Phi) is 4.79. The normalized spacial score (nSPS) is 10.6. The quantitative estimate of drug-likeness (QED) is 0.825. The maximum absolute atomic E-state index is 13.4. The van der Waals surface area contributed by atoms with E-state index < -0.39 is 5.97 Å². The van der Waals surface area contributed by atoms with Crippen LogP contribution in [0, 0.1) is 5.82 Å². The number of halogens is 1. The molecular formula is C13H15FN4O2S. The Morgan fingerprint density at radius 1 is 1.48 bits per heavy atom. The maximum atomic E-state index is 13.4. The average Bonchev–Trinajstić information content (AvgIpc) is 2.79. The highest BCUT2D eigenvalue weighted by Gasteiger charge is 2.17. The summed E-state index contributed by atoms with van der Waals surface area (Å²) in [5.41, 5.74) is 0.669. The molecule has 0 amide bonds. The minimum atomic E-state index is -0.915. The second-order valence-corrected chi connectivity index (χ2v) is 5.19. The molecule has 1 N–H and O–H groups in total. The van der Waals surface area contributed by atoms with Crippen LogP contribution in [0.2, 0.25) is 0 Å². The largest absolute Gasteiger partial charge is 0.481 e. The van der Waals surface area contributed by atoms with E-state index in [1.54, 1.807) is 28.6 Å². The van der Waals surface area contributed by atoms with Crippen LogP contribution in [-0.2, 0) is 11.8 Å². The predicted octanol–water partition coefficient (Wildman–Crippen LogP) is 2.29. The van der Waals surface area contributed by atoms with E-state index in [1.807, 2.05) is 6.92 Å². The second kappa shape index (κ2) is 6.57. The number of aliphatic carboxylic acids is 1. The Hall–Kier alpha value is -2.09. The molecule has 0 saturated heterocycles. The summed E-state index contributed by atoms with van der Waals surface area (Å²) >= 11 is 1.09. The molecule has 0 spiro atoms. The number of benzene rings is 1. The van der Waals surface area contributed by atoms with Gasteiger partial charge in [-0.15, -0.1) is 10.2 Å². The van der Waals surface area contributed by atoms with Gasteiger partial charge in [0.1, 0.15) is 5.82 Å². The van der Waals surface area contributed by atoms with Crippen molar-refractivity contribution in [1.29, 1.82) is 0 Å². The lowest BCUT2D eigenvalue weighted by molar-refractivity contribution is -0.133. The van der Waals surface area contributed by atoms with Crippen LogP contribution >= 0.6 is 11.8 Å². The molecular weight excluding hydrogens is 295 g/mol. The van der Waals surface area contributed by atoms with E-state index in [0.29, 0.717) is 23.3 Å². The fourth-order valence-corrected chi connectivity index (χ4v) is 2.50. The smallest absolute Gasteiger partial charge is 0.313 e. The first-order valence-electron chi connectivity index (χ1n) is 6.30. The fourth-order valence-electron chi connectivity index (χ4n) is 1.88. The van der Waals surface area contributed by atoms with Crippen LogP contribution < -0.4 is 4.90 Å². The van der Waals surface area contributed by atoms with Crippen molar-refractivity contribution in [3.63, 3.8) is 0 Å². The molecule has 0 saturated carbocycles. The van der Waals surface area contributed by atoms with Gasteiger partial charge in [-0.1, -0.05) is 17.8 Å². The van der Waals surface area contributed by atoms with Gasteiger partial charge in [-0.25, -0.2) is 4.39 Å². The lowest BCUT2D eigenvalue weighted by atomic mass is 10.3. The number of carboxylic acids is 1. The van der Waals surface area contributed by atoms with Crippen molar-refractivity contribution in [3.05, 3.63) is 30.1 Å². The molecule has 0 fully saturated rings. The van der Waals surface area contributed by atoms with E-state index in [2.05, 4.69) is 10.2 Å². The highest BCUT2D eigenvalue weighted by Crippen LogP contribution is 2.26. The lowest BCUT2D eigenvalue weighted by Gasteiger charge is -2.21. The van der Waals surface area contributed by atoms with Crippen molar-refractivity contribution in [1.82, 2.24) is 14.8 Å². The van der Waals surface area contributed by atoms with Crippen molar-refractivity contribution in [2.45, 2.75) is 12.1 Å². The first-order valence-corrected chi connectivity index (χ1v) is 7.28. The molecule has 1 aromatic carbocycles. The SMILES string of the molecule is CCN(c1cccc(F)c1)c1nnc(SCC(=O)O)n1C. The summed E-state index contributed by atoms with van der Waals surface area (Å²) in [6.07, 6.45) is 0. The molecule has 21 heavy (non-hydrogen) atoms. The van der Waals surface area contributed by atoms with Gasteiger partial charge in [-0.3, -0.25) is 9.36 Å². The van der Waals surface area contributed by atoms with Crippen LogP contribution in [0.15, 0.2) is 29.4 Å². The summed E-state index contributed by atoms with van der Waals surface area (Å²) in [5, 5.41) is 17.3. The number of hydrogen-bond donors (Lipinski definition) is 1. The number of thioether (sulfide) groups is 1. The van der Waals surface area contributed by atoms with Gasteiger partial charge in [0, 0.05) is 19.3 Å². The van der Waals surface area contributed by atoms with Crippen LogP contribution in [0.1, 0.15) is 6.92 Å². The summed E-state index contributed by atoms with van der Waals surface area (Å²) < 4.78 is 15.1. The number of anilines is 2. The van der Waals surface area contributed by atoms with Gasteiger partial charge in [0.25, 0.3) is 0 Å². The summed E-state index contributed by atoms with van der Waals surface area (Å²) in [6, 6.07) is 6.21. The molecule has 112 valence electrons. The zero-order chi connectivity index (χ0) is 15.4. The van der Waals surface area contributed by atoms with Gasteiger partial charge in [-0.05, 0) is 25.1 Å². The van der Waals surface area contributed by atoms with E-state index >= 15 is 0 Å². The molecule has 6 nitrogen and oxygen atoms in total. The number of aromatic nitrogens is 3. The Balaban J connectivity index is 2.29. The van der Waals surface area contributed by atoms with Crippen molar-refractivity contribution in [3.8, 4) is 0 Å². The van der Waals surface area contributed by atoms with Crippen LogP contribution in [0.4, 0.5) is 16.0 Å². The molecule has 0 aliphatic heterocycles. The summed E-state index contributed by atoms with van der Waals surface area (Å²) in [4.78, 5) is 12.4. The molecule has 1 heterocycles. The Morgan fingerprint density at radius 3 is 2.86 bits per heavy atom. The lowest BCUT2D eigenvalue weighted by Crippen LogP contribution is -2.20. The van der Waals surface area contributed by atoms with Crippen LogP contribution in [0.3, 0.4) is 0 Å². The number of carboxylic acid groups (broad SMARTS) is 1. The minimum Gasteiger partial charge on any atom is -0.481 e. The van der Waals surface area contributed by atoms with Crippen LogP contribution in [0.5, 0.6) is 0 Å². The third-order valence-electron chi connectivity index (χ3n) is 2.81. The fraction of sp³-hybridized carbons (Fsp3) is 0.308. The number of rotatable bonds is 6. The molecule has 0 aliphatic carbocycles. The standard InChI is InChI=1S/C13H15FN4O2S/c1-3-18(10-6-4-5-9(14)7-10)12-15-16-13(17(12)2)21-8-11(19)20/h4-7H,3,8H2,1-2H3,(H,19,20). The first-order chi connectivity index (χ1) is 10.0. The van der Waals surface area contributed by atoms with Gasteiger partial charge in [-0.2, -0.15) is 0 Å². The molecule has 1 aromatic heterocycles. The van der Waals surface area contributed by atoms with Crippen molar-refractivity contribution < 1.29 is 14.3 Å². The maximum Gasteiger partial charge on any atom is 0.313 e. The van der Waals surface area contributed by atoms with Gasteiger partial charge < -0.3 is 10.0 Å². The van der Waals surface area contributed by atoms with Gasteiger partial charge in [0.2, 0.25) is 5.95 Å². The monoisotopic (exact) mass is 310 g/mol. The molecule has 0 radical (unpaired) electrons. The van der Waals surface area contributed by atoms with Gasteiger partial charge in [0.15, 0.2) is 5.16 Å². The van der Waals surface area contributed by atoms with Crippen molar-refractivity contribution in [2.24, 2.45) is 7.05 Å². The van der Waals surface area contributed by atoms with Gasteiger partial charge in [0.05, 0.1) is 5.75 Å². The Morgan fingerprint density at radius 2 is 2.24 bits per heavy atom. The zero-order valence-corrected chi connectivity index (χ0v) is 12.5. The molecule has 8 heteroatoms. The van der Waals surface area contributed by atoms with E-state index in [0.717, 1.165) is 11.8 Å². The van der Waals surface area contributed by atoms with E-state index in [-0.39, 0.29) is 11.6 Å². The molecule has 2 rings (SSSR count). The Bertz CT molecular complexity index is 647. The topological polar surface area (TPSA) is 71.2 Å². The number of nitrogens with zero attached hydrogens (tertiary/aromatic N) is 4. The molecule has 2 aromatic rings. The highest BCUT2D eigenvalue weighted by atomic mass is 32.2.